The van der Waals surface area contributed by atoms with Crippen molar-refractivity contribution in [1.29, 1.82) is 5.26 Å². The Morgan fingerprint density at radius 3 is 2.75 bits per heavy atom. The zero-order valence-electron chi connectivity index (χ0n) is 11.1. The average molecular weight is 266 g/mol. The van der Waals surface area contributed by atoms with Crippen LogP contribution in [-0.4, -0.2) is 0 Å². The molecule has 0 aromatic heterocycles. The lowest BCUT2D eigenvalue weighted by molar-refractivity contribution is 0.530. The Morgan fingerprint density at radius 2 is 2.00 bits per heavy atom. The smallest absolute Gasteiger partial charge is 0.126 e. The first kappa shape index (κ1) is 12.8. The molecule has 3 rings (SSSR count). The van der Waals surface area contributed by atoms with E-state index in [-0.39, 0.29) is 11.9 Å². The van der Waals surface area contributed by atoms with Gasteiger partial charge in [0.25, 0.3) is 0 Å². The number of nitrogens with one attached hydrogen (secondary N) is 1. The van der Waals surface area contributed by atoms with Crippen molar-refractivity contribution in [2.45, 2.75) is 25.4 Å². The van der Waals surface area contributed by atoms with Gasteiger partial charge in [-0.2, -0.15) is 5.26 Å². The average Bonchev–Trinajstić information content (AvgIpc) is 2.90. The van der Waals surface area contributed by atoms with Gasteiger partial charge in [-0.25, -0.2) is 4.39 Å². The summed E-state index contributed by atoms with van der Waals surface area (Å²) in [6, 6.07) is 15.2. The summed E-state index contributed by atoms with van der Waals surface area (Å²) in [5.41, 5.74) is 3.74. The lowest BCUT2D eigenvalue weighted by atomic mass is 10.1. The van der Waals surface area contributed by atoms with Crippen molar-refractivity contribution in [3.8, 4) is 6.07 Å². The topological polar surface area (TPSA) is 35.8 Å². The minimum Gasteiger partial charge on any atom is -0.306 e. The largest absolute Gasteiger partial charge is 0.306 e. The van der Waals surface area contributed by atoms with Crippen molar-refractivity contribution in [1.82, 2.24) is 5.32 Å². The van der Waals surface area contributed by atoms with Crippen molar-refractivity contribution >= 4 is 0 Å². The van der Waals surface area contributed by atoms with Crippen LogP contribution in [0.5, 0.6) is 0 Å². The monoisotopic (exact) mass is 266 g/mol. The molecule has 1 aliphatic rings. The van der Waals surface area contributed by atoms with Crippen LogP contribution in [-0.2, 0) is 13.0 Å². The molecule has 1 atom stereocenters. The Balaban J connectivity index is 1.69. The fraction of sp³-hybridized carbons (Fsp3) is 0.235. The highest BCUT2D eigenvalue weighted by Crippen LogP contribution is 2.32. The lowest BCUT2D eigenvalue weighted by Crippen LogP contribution is -2.18. The van der Waals surface area contributed by atoms with Gasteiger partial charge in [0, 0.05) is 12.6 Å². The lowest BCUT2D eigenvalue weighted by Gasteiger charge is -2.14. The molecule has 2 nitrogen and oxygen atoms in total. The first-order valence-corrected chi connectivity index (χ1v) is 6.77. The zero-order chi connectivity index (χ0) is 13.9. The van der Waals surface area contributed by atoms with Gasteiger partial charge in [-0.15, -0.1) is 0 Å². The molecule has 0 radical (unpaired) electrons. The van der Waals surface area contributed by atoms with Crippen LogP contribution >= 0.6 is 0 Å². The van der Waals surface area contributed by atoms with Crippen molar-refractivity contribution < 1.29 is 4.39 Å². The number of fused-ring (bicyclic) bond motifs is 1. The Morgan fingerprint density at radius 1 is 1.20 bits per heavy atom. The Bertz CT molecular complexity index is 656. The summed E-state index contributed by atoms with van der Waals surface area (Å²) in [6.07, 6.45) is 1.74. The van der Waals surface area contributed by atoms with Gasteiger partial charge in [-0.3, -0.25) is 0 Å². The van der Waals surface area contributed by atoms with E-state index in [1.54, 1.807) is 6.07 Å². The van der Waals surface area contributed by atoms with E-state index >= 15 is 0 Å². The predicted octanol–water partition coefficient (Wildman–Crippen LogP) is 3.47. The Kier molecular flexibility index (Phi) is 3.49. The highest BCUT2D eigenvalue weighted by atomic mass is 19.1. The molecule has 0 aliphatic heterocycles. The van der Waals surface area contributed by atoms with E-state index in [4.69, 9.17) is 5.26 Å². The summed E-state index contributed by atoms with van der Waals surface area (Å²) in [7, 11) is 0. The maximum atomic E-state index is 13.7. The Hall–Kier alpha value is -2.18. The van der Waals surface area contributed by atoms with E-state index in [0.717, 1.165) is 36.1 Å². The van der Waals surface area contributed by atoms with Crippen molar-refractivity contribution in [2.75, 3.05) is 0 Å². The van der Waals surface area contributed by atoms with Gasteiger partial charge in [0.2, 0.25) is 0 Å². The van der Waals surface area contributed by atoms with Crippen molar-refractivity contribution in [2.24, 2.45) is 0 Å². The standard InChI is InChI=1S/C17H15FN2/c18-16-3-1-2-15-14(16)8-9-17(15)20-11-13-6-4-12(10-19)5-7-13/h1-7,17,20H,8-9,11H2. The molecule has 1 aliphatic carbocycles. The van der Waals surface area contributed by atoms with Crippen molar-refractivity contribution in [3.05, 3.63) is 70.5 Å². The van der Waals surface area contributed by atoms with Crippen LogP contribution in [0.25, 0.3) is 0 Å². The van der Waals surface area contributed by atoms with Gasteiger partial charge >= 0.3 is 0 Å². The Labute approximate surface area is 117 Å². The first-order valence-electron chi connectivity index (χ1n) is 6.77. The molecular formula is C17H15FN2. The molecule has 1 N–H and O–H groups in total. The minimum atomic E-state index is -0.0924. The third kappa shape index (κ3) is 2.43. The molecule has 0 fully saturated rings. The SMILES string of the molecule is N#Cc1ccc(CNC2CCc3c(F)cccc32)cc1. The number of halogens is 1. The highest BCUT2D eigenvalue weighted by molar-refractivity contribution is 5.36. The molecule has 1 unspecified atom stereocenters. The molecular weight excluding hydrogens is 251 g/mol. The maximum Gasteiger partial charge on any atom is 0.126 e. The summed E-state index contributed by atoms with van der Waals surface area (Å²) in [5.74, 6) is -0.0924. The van der Waals surface area contributed by atoms with Crippen LogP contribution in [0.3, 0.4) is 0 Å². The number of hydrogen-bond acceptors (Lipinski definition) is 2. The molecule has 20 heavy (non-hydrogen) atoms. The first-order chi connectivity index (χ1) is 9.78. The van der Waals surface area contributed by atoms with E-state index in [9.17, 15) is 4.39 Å². The van der Waals surface area contributed by atoms with Gasteiger partial charge in [0.05, 0.1) is 11.6 Å². The summed E-state index contributed by atoms with van der Waals surface area (Å²) in [5, 5.41) is 12.2. The molecule has 2 aromatic carbocycles. The number of rotatable bonds is 3. The van der Waals surface area contributed by atoms with Gasteiger partial charge in [-0.05, 0) is 47.7 Å². The fourth-order valence-corrected chi connectivity index (χ4v) is 2.76. The van der Waals surface area contributed by atoms with E-state index in [1.165, 1.54) is 6.07 Å². The van der Waals surface area contributed by atoms with Gasteiger partial charge in [0.1, 0.15) is 5.82 Å². The van der Waals surface area contributed by atoms with Gasteiger partial charge in [0.15, 0.2) is 0 Å². The summed E-state index contributed by atoms with van der Waals surface area (Å²) < 4.78 is 13.7. The second kappa shape index (κ2) is 5.44. The molecule has 0 saturated heterocycles. The second-order valence-electron chi connectivity index (χ2n) is 5.09. The number of nitriles is 1. The molecule has 100 valence electrons. The fourth-order valence-electron chi connectivity index (χ4n) is 2.76. The number of hydrogen-bond donors (Lipinski definition) is 1. The molecule has 0 heterocycles. The van der Waals surface area contributed by atoms with Gasteiger partial charge < -0.3 is 5.32 Å². The number of benzene rings is 2. The molecule has 0 amide bonds. The number of nitrogens with zero attached hydrogens (tertiary/aromatic N) is 1. The van der Waals surface area contributed by atoms with E-state index in [2.05, 4.69) is 11.4 Å². The van der Waals surface area contributed by atoms with Crippen LogP contribution in [0.2, 0.25) is 0 Å². The molecule has 3 heteroatoms. The van der Waals surface area contributed by atoms with E-state index in [0.29, 0.717) is 5.56 Å². The van der Waals surface area contributed by atoms with Crippen molar-refractivity contribution in [3.63, 3.8) is 0 Å². The summed E-state index contributed by atoms with van der Waals surface area (Å²) in [4.78, 5) is 0. The summed E-state index contributed by atoms with van der Waals surface area (Å²) in [6.45, 7) is 0.729. The third-order valence-corrected chi connectivity index (χ3v) is 3.85. The third-order valence-electron chi connectivity index (χ3n) is 3.85. The van der Waals surface area contributed by atoms with E-state index < -0.39 is 0 Å². The summed E-state index contributed by atoms with van der Waals surface area (Å²) >= 11 is 0. The van der Waals surface area contributed by atoms with Gasteiger partial charge in [-0.1, -0.05) is 24.3 Å². The maximum absolute atomic E-state index is 13.7. The van der Waals surface area contributed by atoms with Crippen LogP contribution < -0.4 is 5.32 Å². The molecule has 0 saturated carbocycles. The van der Waals surface area contributed by atoms with E-state index in [1.807, 2.05) is 30.3 Å². The molecule has 2 aromatic rings. The van der Waals surface area contributed by atoms with Crippen LogP contribution in [0, 0.1) is 17.1 Å². The molecule has 0 bridgehead atoms. The minimum absolute atomic E-state index is 0.0924. The predicted molar refractivity (Wildman–Crippen MR) is 75.5 cm³/mol. The zero-order valence-corrected chi connectivity index (χ0v) is 11.1. The molecule has 0 spiro atoms. The van der Waals surface area contributed by atoms with Crippen LogP contribution in [0.1, 0.15) is 34.7 Å². The highest BCUT2D eigenvalue weighted by Gasteiger charge is 2.24. The second-order valence-corrected chi connectivity index (χ2v) is 5.09. The van der Waals surface area contributed by atoms with Crippen LogP contribution in [0.15, 0.2) is 42.5 Å². The normalized spacial score (nSPS) is 16.7. The quantitative estimate of drug-likeness (QED) is 0.923. The van der Waals surface area contributed by atoms with Crippen LogP contribution in [0.4, 0.5) is 4.39 Å².